The zero-order valence-electron chi connectivity index (χ0n) is 23.8. The number of piperazine rings is 1. The molecule has 232 valence electrons. The van der Waals surface area contributed by atoms with Crippen LogP contribution in [0, 0.1) is 12.7 Å². The van der Waals surface area contributed by atoms with Gasteiger partial charge in [-0.2, -0.15) is 13.2 Å². The number of anilines is 4. The van der Waals surface area contributed by atoms with E-state index in [-0.39, 0.29) is 23.8 Å². The van der Waals surface area contributed by atoms with Gasteiger partial charge in [0.25, 0.3) is 0 Å². The SMILES string of the molecule is COC1CCN(c2sc(Nc3cc(N4CCN(CCC(=O)O)CC4)nc(C)n3)nc2-c2cc(F)cc(C(F)(F)F)c2)CC1. The summed E-state index contributed by atoms with van der Waals surface area (Å²) in [6.45, 7) is 6.22. The molecular formula is C28H33F4N7O3S. The van der Waals surface area contributed by atoms with Crippen LogP contribution in [0.3, 0.4) is 0 Å². The molecule has 0 radical (unpaired) electrons. The van der Waals surface area contributed by atoms with Crippen molar-refractivity contribution < 1.29 is 32.2 Å². The van der Waals surface area contributed by atoms with E-state index in [0.29, 0.717) is 79.5 Å². The standard InChI is InChI=1S/C28H33F4N7O3S/c1-17-33-22(16-23(34-17)38-11-9-37(10-12-38)6-5-24(40)41)35-27-36-25(18-13-19(28(30,31)32)15-20(29)14-18)26(43-27)39-7-3-21(42-2)4-8-39/h13-16,21H,3-12H2,1-2H3,(H,40,41)(H,33,34,35,36). The minimum absolute atomic E-state index is 0.0424. The monoisotopic (exact) mass is 623 g/mol. The molecule has 15 heteroatoms. The molecular weight excluding hydrogens is 590 g/mol. The van der Waals surface area contributed by atoms with Gasteiger partial charge in [0.15, 0.2) is 5.13 Å². The summed E-state index contributed by atoms with van der Waals surface area (Å²) < 4.78 is 60.5. The highest BCUT2D eigenvalue weighted by atomic mass is 32.1. The minimum atomic E-state index is -4.71. The Kier molecular flexibility index (Phi) is 9.32. The van der Waals surface area contributed by atoms with Gasteiger partial charge in [0.2, 0.25) is 0 Å². The van der Waals surface area contributed by atoms with Crippen LogP contribution in [-0.2, 0) is 15.7 Å². The average molecular weight is 624 g/mol. The number of rotatable bonds is 9. The first kappa shape index (κ1) is 30.9. The van der Waals surface area contributed by atoms with E-state index in [4.69, 9.17) is 9.84 Å². The van der Waals surface area contributed by atoms with Gasteiger partial charge >= 0.3 is 12.1 Å². The molecule has 43 heavy (non-hydrogen) atoms. The highest BCUT2D eigenvalue weighted by molar-refractivity contribution is 7.20. The van der Waals surface area contributed by atoms with Gasteiger partial charge in [-0.25, -0.2) is 19.3 Å². The molecule has 1 aromatic carbocycles. The summed E-state index contributed by atoms with van der Waals surface area (Å²) in [5.74, 6) is -0.124. The van der Waals surface area contributed by atoms with Gasteiger partial charge in [-0.15, -0.1) is 0 Å². The van der Waals surface area contributed by atoms with E-state index in [9.17, 15) is 22.4 Å². The number of nitrogens with one attached hydrogen (secondary N) is 1. The second-order valence-corrected chi connectivity index (χ2v) is 11.6. The molecule has 4 heterocycles. The van der Waals surface area contributed by atoms with Crippen molar-refractivity contribution in [3.63, 3.8) is 0 Å². The van der Waals surface area contributed by atoms with Gasteiger partial charge in [0.1, 0.15) is 34.0 Å². The summed E-state index contributed by atoms with van der Waals surface area (Å²) in [6.07, 6.45) is -3.04. The number of benzene rings is 1. The number of halogens is 4. The number of nitrogens with zero attached hydrogens (tertiary/aromatic N) is 6. The van der Waals surface area contributed by atoms with Crippen molar-refractivity contribution in [3.8, 4) is 11.3 Å². The summed E-state index contributed by atoms with van der Waals surface area (Å²) in [5, 5.41) is 13.2. The summed E-state index contributed by atoms with van der Waals surface area (Å²) in [4.78, 5) is 30.9. The van der Waals surface area contributed by atoms with E-state index in [2.05, 4.69) is 30.1 Å². The number of alkyl halides is 3. The van der Waals surface area contributed by atoms with Crippen LogP contribution in [0.4, 0.5) is 39.3 Å². The molecule has 0 unspecified atom stereocenters. The van der Waals surface area contributed by atoms with Gasteiger partial charge in [0, 0.05) is 64.6 Å². The Balaban J connectivity index is 1.41. The van der Waals surface area contributed by atoms with Crippen LogP contribution in [-0.4, -0.2) is 90.0 Å². The maximum atomic E-state index is 14.4. The Morgan fingerprint density at radius 1 is 1.05 bits per heavy atom. The molecule has 0 spiro atoms. The molecule has 0 amide bonds. The molecule has 0 bridgehead atoms. The Labute approximate surface area is 250 Å². The molecule has 0 aliphatic carbocycles. The van der Waals surface area contributed by atoms with E-state index < -0.39 is 23.5 Å². The Hall–Kier alpha value is -3.56. The molecule has 2 N–H and O–H groups in total. The second kappa shape index (κ2) is 13.0. The third-order valence-corrected chi connectivity index (χ3v) is 8.60. The van der Waals surface area contributed by atoms with E-state index in [1.807, 2.05) is 4.90 Å². The van der Waals surface area contributed by atoms with Gasteiger partial charge in [-0.3, -0.25) is 9.69 Å². The largest absolute Gasteiger partial charge is 0.481 e. The topological polar surface area (TPSA) is 107 Å². The van der Waals surface area contributed by atoms with Crippen LogP contribution >= 0.6 is 11.3 Å². The van der Waals surface area contributed by atoms with E-state index >= 15 is 0 Å². The molecule has 2 saturated heterocycles. The number of methoxy groups -OCH3 is 1. The van der Waals surface area contributed by atoms with Gasteiger partial charge in [-0.1, -0.05) is 11.3 Å². The smallest absolute Gasteiger partial charge is 0.416 e. The molecule has 2 aliphatic heterocycles. The Bertz CT molecular complexity index is 1440. The number of carbonyl (C=O) groups is 1. The summed E-state index contributed by atoms with van der Waals surface area (Å²) >= 11 is 1.27. The predicted molar refractivity (Wildman–Crippen MR) is 156 cm³/mol. The van der Waals surface area contributed by atoms with Crippen molar-refractivity contribution in [2.45, 2.75) is 38.5 Å². The molecule has 5 rings (SSSR count). The van der Waals surface area contributed by atoms with Crippen molar-refractivity contribution in [1.82, 2.24) is 19.9 Å². The summed E-state index contributed by atoms with van der Waals surface area (Å²) in [7, 11) is 1.66. The molecule has 10 nitrogen and oxygen atoms in total. The maximum Gasteiger partial charge on any atom is 0.416 e. The lowest BCUT2D eigenvalue weighted by Gasteiger charge is -2.35. The molecule has 3 aromatic rings. The second-order valence-electron chi connectivity index (χ2n) is 10.6. The van der Waals surface area contributed by atoms with Crippen LogP contribution in [0.15, 0.2) is 24.3 Å². The highest BCUT2D eigenvalue weighted by Crippen LogP contribution is 2.42. The van der Waals surface area contributed by atoms with Crippen LogP contribution in [0.5, 0.6) is 0 Å². The zero-order chi connectivity index (χ0) is 30.7. The number of aryl methyl sites for hydroxylation is 1. The van der Waals surface area contributed by atoms with Crippen molar-refractivity contribution >= 4 is 39.1 Å². The predicted octanol–water partition coefficient (Wildman–Crippen LogP) is 5.02. The Morgan fingerprint density at radius 2 is 1.77 bits per heavy atom. The minimum Gasteiger partial charge on any atom is -0.481 e. The fourth-order valence-electron chi connectivity index (χ4n) is 5.29. The van der Waals surface area contributed by atoms with Crippen LogP contribution < -0.4 is 15.1 Å². The number of aromatic nitrogens is 3. The van der Waals surface area contributed by atoms with Crippen molar-refractivity contribution in [2.24, 2.45) is 0 Å². The first-order valence-electron chi connectivity index (χ1n) is 14.0. The summed E-state index contributed by atoms with van der Waals surface area (Å²) in [5.41, 5.74) is -0.772. The van der Waals surface area contributed by atoms with Gasteiger partial charge < -0.3 is 25.0 Å². The zero-order valence-corrected chi connectivity index (χ0v) is 24.6. The highest BCUT2D eigenvalue weighted by Gasteiger charge is 2.33. The molecule has 2 fully saturated rings. The number of hydrogen-bond acceptors (Lipinski definition) is 10. The number of carboxylic acids is 1. The lowest BCUT2D eigenvalue weighted by molar-refractivity contribution is -0.138. The molecule has 0 saturated carbocycles. The van der Waals surface area contributed by atoms with Crippen molar-refractivity contribution in [1.29, 1.82) is 0 Å². The van der Waals surface area contributed by atoms with Gasteiger partial charge in [0.05, 0.1) is 18.1 Å². The fraction of sp³-hybridized carbons (Fsp3) is 0.500. The maximum absolute atomic E-state index is 14.4. The lowest BCUT2D eigenvalue weighted by Crippen LogP contribution is -2.47. The van der Waals surface area contributed by atoms with Crippen molar-refractivity contribution in [2.75, 3.05) is 68.0 Å². The van der Waals surface area contributed by atoms with E-state index in [1.165, 1.54) is 11.3 Å². The third-order valence-electron chi connectivity index (χ3n) is 7.57. The lowest BCUT2D eigenvalue weighted by atomic mass is 10.1. The quantitative estimate of drug-likeness (QED) is 0.316. The van der Waals surface area contributed by atoms with E-state index in [1.54, 1.807) is 20.1 Å². The molecule has 2 aliphatic rings. The normalized spacial score (nSPS) is 17.0. The van der Waals surface area contributed by atoms with Crippen LogP contribution in [0.2, 0.25) is 0 Å². The van der Waals surface area contributed by atoms with Crippen LogP contribution in [0.1, 0.15) is 30.7 Å². The summed E-state index contributed by atoms with van der Waals surface area (Å²) in [6, 6.07) is 4.27. The van der Waals surface area contributed by atoms with Crippen LogP contribution in [0.25, 0.3) is 11.3 Å². The first-order valence-corrected chi connectivity index (χ1v) is 14.8. The Morgan fingerprint density at radius 3 is 2.42 bits per heavy atom. The fourth-order valence-corrected chi connectivity index (χ4v) is 6.34. The van der Waals surface area contributed by atoms with Gasteiger partial charge in [-0.05, 0) is 38.0 Å². The number of carboxylic acid groups (broad SMARTS) is 1. The molecule has 2 aromatic heterocycles. The number of thiazole rings is 1. The number of hydrogen-bond donors (Lipinski definition) is 2. The van der Waals surface area contributed by atoms with E-state index in [0.717, 1.165) is 25.0 Å². The van der Waals surface area contributed by atoms with Crippen molar-refractivity contribution in [3.05, 3.63) is 41.5 Å². The average Bonchev–Trinajstić information content (AvgIpc) is 3.39. The number of piperidine rings is 1. The molecule has 0 atom stereocenters. The third kappa shape index (κ3) is 7.70. The number of aliphatic carboxylic acids is 1. The first-order chi connectivity index (χ1) is 20.5. The number of ether oxygens (including phenoxy) is 1.